The van der Waals surface area contributed by atoms with Gasteiger partial charge in [0.1, 0.15) is 0 Å². The van der Waals surface area contributed by atoms with Crippen molar-refractivity contribution in [1.29, 1.82) is 0 Å². The minimum absolute atomic E-state index is 0. The van der Waals surface area contributed by atoms with E-state index in [4.69, 9.17) is 11.6 Å². The van der Waals surface area contributed by atoms with Gasteiger partial charge in [0.05, 0.1) is 6.42 Å². The maximum absolute atomic E-state index is 11.5. The molecule has 1 amide bonds. The second-order valence-electron chi connectivity index (χ2n) is 3.80. The van der Waals surface area contributed by atoms with Gasteiger partial charge < -0.3 is 10.6 Å². The van der Waals surface area contributed by atoms with Gasteiger partial charge in [-0.1, -0.05) is 23.7 Å². The quantitative estimate of drug-likeness (QED) is 0.864. The van der Waals surface area contributed by atoms with Gasteiger partial charge in [0, 0.05) is 17.6 Å². The van der Waals surface area contributed by atoms with Gasteiger partial charge in [0.25, 0.3) is 0 Å². The van der Waals surface area contributed by atoms with Crippen LogP contribution in [0.2, 0.25) is 5.02 Å². The average molecular weight is 277 g/mol. The van der Waals surface area contributed by atoms with Crippen LogP contribution in [0, 0.1) is 0 Å². The Hall–Kier alpha value is -0.770. The van der Waals surface area contributed by atoms with E-state index in [0.29, 0.717) is 18.0 Å². The molecule has 0 heterocycles. The fraction of sp³-hybridized carbons (Fsp3) is 0.417. The van der Waals surface area contributed by atoms with Crippen LogP contribution in [0.1, 0.15) is 12.5 Å². The number of nitrogens with one attached hydrogen (secondary N) is 2. The van der Waals surface area contributed by atoms with Crippen LogP contribution in [-0.2, 0) is 11.2 Å². The monoisotopic (exact) mass is 276 g/mol. The lowest BCUT2D eigenvalue weighted by Gasteiger charge is -2.11. The molecule has 0 spiro atoms. The molecule has 17 heavy (non-hydrogen) atoms. The Kier molecular flexibility index (Phi) is 7.96. The number of halogens is 2. The van der Waals surface area contributed by atoms with Gasteiger partial charge in [-0.15, -0.1) is 12.4 Å². The zero-order chi connectivity index (χ0) is 12.0. The summed E-state index contributed by atoms with van der Waals surface area (Å²) >= 11 is 5.76. The Morgan fingerprint density at radius 2 is 1.94 bits per heavy atom. The highest BCUT2D eigenvalue weighted by Gasteiger charge is 2.04. The van der Waals surface area contributed by atoms with Crippen molar-refractivity contribution in [1.82, 2.24) is 10.6 Å². The molecule has 5 heteroatoms. The lowest BCUT2D eigenvalue weighted by atomic mass is 10.1. The van der Waals surface area contributed by atoms with Crippen molar-refractivity contribution in [2.75, 3.05) is 13.6 Å². The molecule has 1 rings (SSSR count). The first-order chi connectivity index (χ1) is 7.61. The molecule has 1 atom stereocenters. The fourth-order valence-electron chi connectivity index (χ4n) is 1.22. The summed E-state index contributed by atoms with van der Waals surface area (Å²) in [5.74, 6) is 0.0319. The third kappa shape index (κ3) is 6.51. The number of carbonyl (C=O) groups is 1. The van der Waals surface area contributed by atoms with Crippen molar-refractivity contribution >= 4 is 29.9 Å². The molecule has 0 radical (unpaired) electrons. The minimum Gasteiger partial charge on any atom is -0.354 e. The first-order valence-electron chi connectivity index (χ1n) is 5.30. The summed E-state index contributed by atoms with van der Waals surface area (Å²) in [5, 5.41) is 6.61. The highest BCUT2D eigenvalue weighted by Crippen LogP contribution is 2.09. The SMILES string of the molecule is CNC(C)CNC(=O)Cc1ccc(Cl)cc1.Cl. The molecule has 1 unspecified atom stereocenters. The van der Waals surface area contributed by atoms with E-state index in [-0.39, 0.29) is 24.4 Å². The molecule has 0 aliphatic heterocycles. The minimum atomic E-state index is 0. The molecule has 1 aromatic carbocycles. The molecule has 1 aromatic rings. The van der Waals surface area contributed by atoms with Crippen molar-refractivity contribution in [2.24, 2.45) is 0 Å². The summed E-state index contributed by atoms with van der Waals surface area (Å²) in [7, 11) is 1.87. The number of hydrogen-bond acceptors (Lipinski definition) is 2. The molecule has 0 bridgehead atoms. The van der Waals surface area contributed by atoms with Crippen LogP contribution in [0.5, 0.6) is 0 Å². The first-order valence-corrected chi connectivity index (χ1v) is 5.68. The zero-order valence-corrected chi connectivity index (χ0v) is 11.6. The summed E-state index contributed by atoms with van der Waals surface area (Å²) in [6.45, 7) is 2.66. The predicted octanol–water partition coefficient (Wildman–Crippen LogP) is 2.03. The van der Waals surface area contributed by atoms with Crippen LogP contribution >= 0.6 is 24.0 Å². The molecule has 0 saturated heterocycles. The Bertz CT molecular complexity index is 341. The molecule has 0 aliphatic carbocycles. The third-order valence-corrected chi connectivity index (χ3v) is 2.63. The number of amides is 1. The maximum Gasteiger partial charge on any atom is 0.224 e. The van der Waals surface area contributed by atoms with Gasteiger partial charge in [0.15, 0.2) is 0 Å². The topological polar surface area (TPSA) is 41.1 Å². The van der Waals surface area contributed by atoms with Crippen molar-refractivity contribution in [3.8, 4) is 0 Å². The number of hydrogen-bond donors (Lipinski definition) is 2. The summed E-state index contributed by atoms with van der Waals surface area (Å²) in [6, 6.07) is 7.60. The lowest BCUT2D eigenvalue weighted by molar-refractivity contribution is -0.120. The van der Waals surface area contributed by atoms with E-state index in [1.807, 2.05) is 26.1 Å². The molecular weight excluding hydrogens is 259 g/mol. The van der Waals surface area contributed by atoms with Gasteiger partial charge >= 0.3 is 0 Å². The standard InChI is InChI=1S/C12H17ClN2O.ClH/c1-9(14-2)8-15-12(16)7-10-3-5-11(13)6-4-10;/h3-6,9,14H,7-8H2,1-2H3,(H,15,16);1H. The summed E-state index contributed by atoms with van der Waals surface area (Å²) in [4.78, 5) is 11.5. The van der Waals surface area contributed by atoms with E-state index >= 15 is 0 Å². The van der Waals surface area contributed by atoms with Crippen LogP contribution in [0.25, 0.3) is 0 Å². The van der Waals surface area contributed by atoms with E-state index in [2.05, 4.69) is 10.6 Å². The smallest absolute Gasteiger partial charge is 0.224 e. The molecule has 0 aliphatic rings. The Morgan fingerprint density at radius 3 is 2.47 bits per heavy atom. The fourth-order valence-corrected chi connectivity index (χ4v) is 1.35. The zero-order valence-electron chi connectivity index (χ0n) is 10.00. The highest BCUT2D eigenvalue weighted by molar-refractivity contribution is 6.30. The molecule has 0 fully saturated rings. The normalized spacial score (nSPS) is 11.5. The molecule has 96 valence electrons. The average Bonchev–Trinajstić information content (AvgIpc) is 2.29. The van der Waals surface area contributed by atoms with Gasteiger partial charge in [-0.25, -0.2) is 0 Å². The lowest BCUT2D eigenvalue weighted by Crippen LogP contribution is -2.37. The van der Waals surface area contributed by atoms with Crippen molar-refractivity contribution in [3.05, 3.63) is 34.9 Å². The molecule has 0 saturated carbocycles. The van der Waals surface area contributed by atoms with Crippen LogP contribution in [-0.4, -0.2) is 25.5 Å². The first kappa shape index (κ1) is 16.2. The van der Waals surface area contributed by atoms with Crippen molar-refractivity contribution in [2.45, 2.75) is 19.4 Å². The van der Waals surface area contributed by atoms with Crippen molar-refractivity contribution < 1.29 is 4.79 Å². The van der Waals surface area contributed by atoms with Crippen molar-refractivity contribution in [3.63, 3.8) is 0 Å². The van der Waals surface area contributed by atoms with Crippen LogP contribution < -0.4 is 10.6 Å². The van der Waals surface area contributed by atoms with E-state index in [1.54, 1.807) is 12.1 Å². The van der Waals surface area contributed by atoms with Gasteiger partial charge in [0.2, 0.25) is 5.91 Å². The van der Waals surface area contributed by atoms with Gasteiger partial charge in [-0.3, -0.25) is 4.79 Å². The molecule has 2 N–H and O–H groups in total. The van der Waals surface area contributed by atoms with Gasteiger partial charge in [-0.05, 0) is 31.7 Å². The molecular formula is C12H18Cl2N2O. The number of rotatable bonds is 5. The number of carbonyl (C=O) groups excluding carboxylic acids is 1. The highest BCUT2D eigenvalue weighted by atomic mass is 35.5. The van der Waals surface area contributed by atoms with Crippen LogP contribution in [0.15, 0.2) is 24.3 Å². The molecule has 3 nitrogen and oxygen atoms in total. The Morgan fingerprint density at radius 1 is 1.35 bits per heavy atom. The largest absolute Gasteiger partial charge is 0.354 e. The van der Waals surface area contributed by atoms with Gasteiger partial charge in [-0.2, -0.15) is 0 Å². The maximum atomic E-state index is 11.5. The second kappa shape index (κ2) is 8.34. The van der Waals surface area contributed by atoms with E-state index in [1.165, 1.54) is 0 Å². The van der Waals surface area contributed by atoms with E-state index in [9.17, 15) is 4.79 Å². The summed E-state index contributed by atoms with van der Waals surface area (Å²) < 4.78 is 0. The third-order valence-electron chi connectivity index (χ3n) is 2.38. The second-order valence-corrected chi connectivity index (χ2v) is 4.23. The van der Waals surface area contributed by atoms with Crippen LogP contribution in [0.3, 0.4) is 0 Å². The Balaban J connectivity index is 0.00000256. The molecule has 0 aromatic heterocycles. The van der Waals surface area contributed by atoms with E-state index < -0.39 is 0 Å². The number of benzene rings is 1. The van der Waals surface area contributed by atoms with Crippen LogP contribution in [0.4, 0.5) is 0 Å². The number of likely N-dealkylation sites (N-methyl/N-ethyl adjacent to an activating group) is 1. The van der Waals surface area contributed by atoms with E-state index in [0.717, 1.165) is 5.56 Å². The predicted molar refractivity (Wildman–Crippen MR) is 73.9 cm³/mol. The summed E-state index contributed by atoms with van der Waals surface area (Å²) in [5.41, 5.74) is 0.971. The summed E-state index contributed by atoms with van der Waals surface area (Å²) in [6.07, 6.45) is 0.396. The Labute approximate surface area is 113 Å².